The maximum absolute atomic E-state index is 9.47. The van der Waals surface area contributed by atoms with Crippen molar-refractivity contribution in [2.45, 2.75) is 18.9 Å². The van der Waals surface area contributed by atoms with Crippen molar-refractivity contribution in [3.8, 4) is 0 Å². The number of ether oxygens (including phenoxy) is 1. The summed E-state index contributed by atoms with van der Waals surface area (Å²) in [5.74, 6) is 0.465. The lowest BCUT2D eigenvalue weighted by Gasteiger charge is -2.30. The van der Waals surface area contributed by atoms with Crippen LogP contribution in [-0.4, -0.2) is 31.0 Å². The standard InChI is InChI=1S/C13H18ClNO2/c14-11-2-1-3-12(8-11)15-13(9-16)10-4-6-17-7-5-10/h1-3,8,10,13,15-16H,4-7,9H2. The molecule has 1 saturated heterocycles. The molecule has 1 heterocycles. The minimum absolute atomic E-state index is 0.0809. The molecule has 2 N–H and O–H groups in total. The van der Waals surface area contributed by atoms with Gasteiger partial charge in [0.2, 0.25) is 0 Å². The molecule has 0 radical (unpaired) electrons. The van der Waals surface area contributed by atoms with Crippen molar-refractivity contribution in [1.82, 2.24) is 0 Å². The van der Waals surface area contributed by atoms with Crippen molar-refractivity contribution in [3.63, 3.8) is 0 Å². The minimum Gasteiger partial charge on any atom is -0.394 e. The normalized spacial score (nSPS) is 18.9. The van der Waals surface area contributed by atoms with Crippen LogP contribution in [0.25, 0.3) is 0 Å². The van der Waals surface area contributed by atoms with Crippen LogP contribution < -0.4 is 5.32 Å². The smallest absolute Gasteiger partial charge is 0.0635 e. The van der Waals surface area contributed by atoms with Gasteiger partial charge in [0.1, 0.15) is 0 Å². The first-order valence-corrected chi connectivity index (χ1v) is 6.38. The summed E-state index contributed by atoms with van der Waals surface area (Å²) in [7, 11) is 0. The Morgan fingerprint density at radius 2 is 2.18 bits per heavy atom. The summed E-state index contributed by atoms with van der Waals surface area (Å²) in [4.78, 5) is 0. The topological polar surface area (TPSA) is 41.5 Å². The molecule has 1 aliphatic rings. The molecule has 1 aromatic carbocycles. The third-order valence-electron chi connectivity index (χ3n) is 3.21. The van der Waals surface area contributed by atoms with Crippen molar-refractivity contribution < 1.29 is 9.84 Å². The van der Waals surface area contributed by atoms with E-state index in [1.807, 2.05) is 24.3 Å². The van der Waals surface area contributed by atoms with E-state index in [9.17, 15) is 5.11 Å². The summed E-state index contributed by atoms with van der Waals surface area (Å²) in [6.07, 6.45) is 2.00. The zero-order valence-electron chi connectivity index (χ0n) is 9.73. The molecule has 2 rings (SSSR count). The number of nitrogens with one attached hydrogen (secondary N) is 1. The Hall–Kier alpha value is -0.770. The van der Waals surface area contributed by atoms with E-state index in [0.29, 0.717) is 10.9 Å². The van der Waals surface area contributed by atoms with E-state index in [2.05, 4.69) is 5.32 Å². The zero-order valence-corrected chi connectivity index (χ0v) is 10.5. The summed E-state index contributed by atoms with van der Waals surface area (Å²) >= 11 is 5.93. The molecule has 17 heavy (non-hydrogen) atoms. The molecule has 0 amide bonds. The summed E-state index contributed by atoms with van der Waals surface area (Å²) in [5.41, 5.74) is 0.961. The zero-order chi connectivity index (χ0) is 12.1. The predicted molar refractivity (Wildman–Crippen MR) is 69.5 cm³/mol. The molecular formula is C13H18ClNO2. The second-order valence-corrected chi connectivity index (χ2v) is 4.83. The van der Waals surface area contributed by atoms with Crippen LogP contribution in [0.15, 0.2) is 24.3 Å². The van der Waals surface area contributed by atoms with Gasteiger partial charge >= 0.3 is 0 Å². The Balaban J connectivity index is 1.98. The largest absolute Gasteiger partial charge is 0.394 e. The number of halogens is 1. The van der Waals surface area contributed by atoms with E-state index < -0.39 is 0 Å². The fourth-order valence-corrected chi connectivity index (χ4v) is 2.41. The molecule has 0 saturated carbocycles. The summed E-state index contributed by atoms with van der Waals surface area (Å²) < 4.78 is 5.33. The van der Waals surface area contributed by atoms with Gasteiger partial charge in [0.05, 0.1) is 12.6 Å². The SMILES string of the molecule is OCC(Nc1cccc(Cl)c1)C1CCOCC1. The number of hydrogen-bond acceptors (Lipinski definition) is 3. The molecule has 1 aromatic rings. The molecule has 1 atom stereocenters. The molecular weight excluding hydrogens is 238 g/mol. The van der Waals surface area contributed by atoms with Crippen molar-refractivity contribution in [2.75, 3.05) is 25.1 Å². The van der Waals surface area contributed by atoms with Crippen LogP contribution in [0.4, 0.5) is 5.69 Å². The van der Waals surface area contributed by atoms with E-state index in [1.54, 1.807) is 0 Å². The molecule has 1 fully saturated rings. The fraction of sp³-hybridized carbons (Fsp3) is 0.538. The Labute approximate surface area is 107 Å². The van der Waals surface area contributed by atoms with Crippen LogP contribution in [0.2, 0.25) is 5.02 Å². The lowest BCUT2D eigenvalue weighted by molar-refractivity contribution is 0.0534. The van der Waals surface area contributed by atoms with E-state index in [-0.39, 0.29) is 12.6 Å². The highest BCUT2D eigenvalue weighted by Crippen LogP contribution is 2.23. The van der Waals surface area contributed by atoms with E-state index >= 15 is 0 Å². The van der Waals surface area contributed by atoms with Gasteiger partial charge < -0.3 is 15.2 Å². The van der Waals surface area contributed by atoms with Crippen LogP contribution in [-0.2, 0) is 4.74 Å². The van der Waals surface area contributed by atoms with Gasteiger partial charge in [-0.2, -0.15) is 0 Å². The van der Waals surface area contributed by atoms with Crippen molar-refractivity contribution in [2.24, 2.45) is 5.92 Å². The molecule has 4 heteroatoms. The summed E-state index contributed by atoms with van der Waals surface area (Å²) in [5, 5.41) is 13.5. The van der Waals surface area contributed by atoms with Crippen molar-refractivity contribution in [1.29, 1.82) is 0 Å². The first-order chi connectivity index (χ1) is 8.29. The Morgan fingerprint density at radius 3 is 2.82 bits per heavy atom. The van der Waals surface area contributed by atoms with Crippen molar-refractivity contribution in [3.05, 3.63) is 29.3 Å². The molecule has 1 unspecified atom stereocenters. The highest BCUT2D eigenvalue weighted by Gasteiger charge is 2.23. The van der Waals surface area contributed by atoms with E-state index in [1.165, 1.54) is 0 Å². The van der Waals surface area contributed by atoms with Gasteiger partial charge in [0, 0.05) is 23.9 Å². The first-order valence-electron chi connectivity index (χ1n) is 6.00. The lowest BCUT2D eigenvalue weighted by atomic mass is 9.92. The maximum Gasteiger partial charge on any atom is 0.0635 e. The quantitative estimate of drug-likeness (QED) is 0.869. The summed E-state index contributed by atoms with van der Waals surface area (Å²) in [6, 6.07) is 7.67. The maximum atomic E-state index is 9.47. The van der Waals surface area contributed by atoms with Gasteiger partial charge in [-0.1, -0.05) is 17.7 Å². The summed E-state index contributed by atoms with van der Waals surface area (Å²) in [6.45, 7) is 1.72. The monoisotopic (exact) mass is 255 g/mol. The highest BCUT2D eigenvalue weighted by atomic mass is 35.5. The number of benzene rings is 1. The number of aliphatic hydroxyl groups is 1. The van der Waals surface area contributed by atoms with Crippen LogP contribution in [0.3, 0.4) is 0 Å². The van der Waals surface area contributed by atoms with Gasteiger partial charge in [0.25, 0.3) is 0 Å². The molecule has 94 valence electrons. The lowest BCUT2D eigenvalue weighted by Crippen LogP contribution is -2.36. The molecule has 1 aliphatic heterocycles. The minimum atomic E-state index is 0.0809. The average molecular weight is 256 g/mol. The second kappa shape index (κ2) is 6.24. The molecule has 0 aromatic heterocycles. The number of hydrogen-bond donors (Lipinski definition) is 2. The average Bonchev–Trinajstić information content (AvgIpc) is 2.37. The van der Waals surface area contributed by atoms with Gasteiger partial charge in [-0.05, 0) is 37.0 Å². The molecule has 3 nitrogen and oxygen atoms in total. The Bertz CT molecular complexity index is 353. The molecule has 0 bridgehead atoms. The molecule has 0 aliphatic carbocycles. The van der Waals surface area contributed by atoms with E-state index in [4.69, 9.17) is 16.3 Å². The van der Waals surface area contributed by atoms with Gasteiger partial charge in [-0.3, -0.25) is 0 Å². The van der Waals surface area contributed by atoms with Gasteiger partial charge in [-0.15, -0.1) is 0 Å². The van der Waals surface area contributed by atoms with Crippen LogP contribution >= 0.6 is 11.6 Å². The number of aliphatic hydroxyl groups excluding tert-OH is 1. The number of anilines is 1. The van der Waals surface area contributed by atoms with Gasteiger partial charge in [0.15, 0.2) is 0 Å². The third kappa shape index (κ3) is 3.60. The fourth-order valence-electron chi connectivity index (χ4n) is 2.22. The van der Waals surface area contributed by atoms with Crippen LogP contribution in [0, 0.1) is 5.92 Å². The second-order valence-electron chi connectivity index (χ2n) is 4.39. The number of rotatable bonds is 4. The third-order valence-corrected chi connectivity index (χ3v) is 3.44. The predicted octanol–water partition coefficient (Wildman–Crippen LogP) is 2.54. The van der Waals surface area contributed by atoms with Crippen LogP contribution in [0.5, 0.6) is 0 Å². The van der Waals surface area contributed by atoms with Crippen molar-refractivity contribution >= 4 is 17.3 Å². The highest BCUT2D eigenvalue weighted by molar-refractivity contribution is 6.30. The Kier molecular flexibility index (Phi) is 4.66. The van der Waals surface area contributed by atoms with E-state index in [0.717, 1.165) is 31.7 Å². The first kappa shape index (κ1) is 12.7. The molecule has 0 spiro atoms. The Morgan fingerprint density at radius 1 is 1.41 bits per heavy atom. The van der Waals surface area contributed by atoms with Crippen LogP contribution in [0.1, 0.15) is 12.8 Å². The van der Waals surface area contributed by atoms with Gasteiger partial charge in [-0.25, -0.2) is 0 Å².